The van der Waals surface area contributed by atoms with Crippen LogP contribution in [0.25, 0.3) is 22.7 Å². The Kier molecular flexibility index (Phi) is 4.91. The number of hydrogen-bond acceptors (Lipinski definition) is 6. The number of amides is 1. The summed E-state index contributed by atoms with van der Waals surface area (Å²) in [6.45, 7) is 1.00. The fourth-order valence-corrected chi connectivity index (χ4v) is 3.40. The maximum atomic E-state index is 13.9. The Balaban J connectivity index is 1.51. The predicted octanol–water partition coefficient (Wildman–Crippen LogP) is 4.01. The maximum Gasteiger partial charge on any atom is 0.291 e. The monoisotopic (exact) mass is 438 g/mol. The van der Waals surface area contributed by atoms with Gasteiger partial charge in [-0.25, -0.2) is 13.8 Å². The van der Waals surface area contributed by atoms with Crippen LogP contribution in [-0.2, 0) is 4.74 Å². The van der Waals surface area contributed by atoms with Crippen molar-refractivity contribution in [1.29, 1.82) is 0 Å². The lowest BCUT2D eigenvalue weighted by Gasteiger charge is -2.28. The fourth-order valence-electron chi connectivity index (χ4n) is 3.40. The maximum absolute atomic E-state index is 13.9. The molecule has 2 N–H and O–H groups in total. The van der Waals surface area contributed by atoms with Crippen LogP contribution in [0.3, 0.4) is 0 Å². The van der Waals surface area contributed by atoms with E-state index in [4.69, 9.17) is 9.15 Å². The molecule has 4 heterocycles. The van der Waals surface area contributed by atoms with Gasteiger partial charge < -0.3 is 24.1 Å². The third-order valence-corrected chi connectivity index (χ3v) is 5.11. The zero-order valence-corrected chi connectivity index (χ0v) is 16.5. The molecule has 0 bridgehead atoms. The summed E-state index contributed by atoms with van der Waals surface area (Å²) in [6.07, 6.45) is 3.53. The second-order valence-electron chi connectivity index (χ2n) is 7.18. The Hall–Kier alpha value is -4.05. The van der Waals surface area contributed by atoms with E-state index in [1.54, 1.807) is 24.5 Å². The van der Waals surface area contributed by atoms with Crippen molar-refractivity contribution in [3.8, 4) is 28.5 Å². The van der Waals surface area contributed by atoms with Gasteiger partial charge in [0.05, 0.1) is 43.7 Å². The van der Waals surface area contributed by atoms with E-state index >= 15 is 0 Å². The number of aromatic nitrogens is 3. The van der Waals surface area contributed by atoms with E-state index in [9.17, 15) is 18.7 Å². The number of carbonyl (C=O) groups excluding carboxylic acids is 1. The molecule has 8 nitrogen and oxygen atoms in total. The summed E-state index contributed by atoms with van der Waals surface area (Å²) in [5.74, 6) is -2.26. The summed E-state index contributed by atoms with van der Waals surface area (Å²) < 4.78 is 40.2. The van der Waals surface area contributed by atoms with Crippen molar-refractivity contribution < 1.29 is 27.8 Å². The zero-order chi connectivity index (χ0) is 22.2. The van der Waals surface area contributed by atoms with Gasteiger partial charge in [-0.2, -0.15) is 0 Å². The SMILES string of the molecule is O=C(Nc1c(O)cncc1F)c1ccc(-c2c(-c3ccc(F)cc3)ncn2C2COC2)o1. The van der Waals surface area contributed by atoms with Crippen molar-refractivity contribution in [2.45, 2.75) is 6.04 Å². The number of nitrogens with zero attached hydrogens (tertiary/aromatic N) is 3. The van der Waals surface area contributed by atoms with E-state index in [-0.39, 0.29) is 17.6 Å². The van der Waals surface area contributed by atoms with Gasteiger partial charge in [-0.3, -0.25) is 9.78 Å². The summed E-state index contributed by atoms with van der Waals surface area (Å²) in [5, 5.41) is 12.0. The Bertz CT molecular complexity index is 1280. The van der Waals surface area contributed by atoms with E-state index in [0.717, 1.165) is 12.4 Å². The molecule has 1 aliphatic rings. The summed E-state index contributed by atoms with van der Waals surface area (Å²) in [7, 11) is 0. The van der Waals surface area contributed by atoms with Gasteiger partial charge in [-0.05, 0) is 36.4 Å². The summed E-state index contributed by atoms with van der Waals surface area (Å²) in [5.41, 5.74) is 1.43. The van der Waals surface area contributed by atoms with Crippen molar-refractivity contribution in [2.75, 3.05) is 18.5 Å². The van der Waals surface area contributed by atoms with Gasteiger partial charge in [-0.1, -0.05) is 0 Å². The molecule has 0 radical (unpaired) electrons. The number of ether oxygens (including phenoxy) is 1. The lowest BCUT2D eigenvalue weighted by Crippen LogP contribution is -2.30. The van der Waals surface area contributed by atoms with Crippen LogP contribution in [0.5, 0.6) is 5.75 Å². The average Bonchev–Trinajstić information content (AvgIpc) is 3.37. The van der Waals surface area contributed by atoms with Gasteiger partial charge in [0.1, 0.15) is 17.2 Å². The molecular formula is C22H16F2N4O4. The van der Waals surface area contributed by atoms with E-state index in [1.165, 1.54) is 18.2 Å². The molecule has 1 aromatic carbocycles. The first-order valence-electron chi connectivity index (χ1n) is 9.66. The molecule has 1 aliphatic heterocycles. The molecule has 3 aromatic heterocycles. The first-order chi connectivity index (χ1) is 15.5. The highest BCUT2D eigenvalue weighted by Gasteiger charge is 2.28. The van der Waals surface area contributed by atoms with Crippen LogP contribution in [0, 0.1) is 11.6 Å². The molecule has 5 rings (SSSR count). The number of aromatic hydroxyl groups is 1. The third-order valence-electron chi connectivity index (χ3n) is 5.11. The lowest BCUT2D eigenvalue weighted by molar-refractivity contribution is -0.0227. The Labute approximate surface area is 180 Å². The topological polar surface area (TPSA) is 102 Å². The van der Waals surface area contributed by atoms with Crippen LogP contribution in [0.4, 0.5) is 14.5 Å². The Morgan fingerprint density at radius 2 is 1.91 bits per heavy atom. The van der Waals surface area contributed by atoms with E-state index in [2.05, 4.69) is 15.3 Å². The molecule has 4 aromatic rings. The van der Waals surface area contributed by atoms with Gasteiger partial charge in [0, 0.05) is 5.56 Å². The number of anilines is 1. The number of rotatable bonds is 5. The third kappa shape index (κ3) is 3.50. The van der Waals surface area contributed by atoms with Gasteiger partial charge in [0.2, 0.25) is 0 Å². The van der Waals surface area contributed by atoms with E-state index in [1.807, 2.05) is 4.57 Å². The number of imidazole rings is 1. The minimum absolute atomic E-state index is 0.0388. The van der Waals surface area contributed by atoms with Crippen molar-refractivity contribution in [3.05, 3.63) is 72.5 Å². The van der Waals surface area contributed by atoms with Crippen molar-refractivity contribution in [1.82, 2.24) is 14.5 Å². The number of nitrogens with one attached hydrogen (secondary N) is 1. The molecular weight excluding hydrogens is 422 g/mol. The lowest BCUT2D eigenvalue weighted by atomic mass is 10.1. The number of carbonyl (C=O) groups is 1. The number of pyridine rings is 1. The highest BCUT2D eigenvalue weighted by Crippen LogP contribution is 2.36. The molecule has 0 spiro atoms. The van der Waals surface area contributed by atoms with E-state index in [0.29, 0.717) is 35.9 Å². The normalized spacial score (nSPS) is 13.7. The molecule has 32 heavy (non-hydrogen) atoms. The van der Waals surface area contributed by atoms with Crippen LogP contribution in [0.2, 0.25) is 0 Å². The molecule has 0 unspecified atom stereocenters. The summed E-state index contributed by atoms with van der Waals surface area (Å²) in [6, 6.07) is 8.95. The summed E-state index contributed by atoms with van der Waals surface area (Å²) >= 11 is 0. The Morgan fingerprint density at radius 1 is 1.12 bits per heavy atom. The number of furan rings is 1. The van der Waals surface area contributed by atoms with Crippen molar-refractivity contribution in [3.63, 3.8) is 0 Å². The molecule has 162 valence electrons. The standard InChI is InChI=1S/C22H16F2N4O4/c23-13-3-1-12(2-4-13)19-21(28(11-26-19)14-9-31-10-14)17-5-6-18(32-17)22(30)27-20-15(24)7-25-8-16(20)29/h1-8,11,14,29H,9-10H2,(H,25,27,30). The Morgan fingerprint density at radius 3 is 2.59 bits per heavy atom. The van der Waals surface area contributed by atoms with Crippen LogP contribution in [0.1, 0.15) is 16.6 Å². The zero-order valence-electron chi connectivity index (χ0n) is 16.5. The molecule has 0 saturated carbocycles. The molecule has 10 heteroatoms. The van der Waals surface area contributed by atoms with Gasteiger partial charge in [-0.15, -0.1) is 0 Å². The molecule has 1 fully saturated rings. The largest absolute Gasteiger partial charge is 0.504 e. The second-order valence-corrected chi connectivity index (χ2v) is 7.18. The fraction of sp³-hybridized carbons (Fsp3) is 0.136. The minimum Gasteiger partial charge on any atom is -0.504 e. The van der Waals surface area contributed by atoms with E-state index < -0.39 is 23.2 Å². The van der Waals surface area contributed by atoms with Crippen LogP contribution < -0.4 is 5.32 Å². The summed E-state index contributed by atoms with van der Waals surface area (Å²) in [4.78, 5) is 20.6. The van der Waals surface area contributed by atoms with Crippen molar-refractivity contribution in [2.24, 2.45) is 0 Å². The highest BCUT2D eigenvalue weighted by atomic mass is 19.1. The predicted molar refractivity (Wildman–Crippen MR) is 109 cm³/mol. The smallest absolute Gasteiger partial charge is 0.291 e. The van der Waals surface area contributed by atoms with Crippen LogP contribution in [-0.4, -0.2) is 38.8 Å². The number of benzene rings is 1. The number of hydrogen-bond donors (Lipinski definition) is 2. The molecule has 0 aliphatic carbocycles. The average molecular weight is 438 g/mol. The molecule has 1 amide bonds. The van der Waals surface area contributed by atoms with Crippen LogP contribution >= 0.6 is 0 Å². The second kappa shape index (κ2) is 7.89. The first-order valence-corrected chi connectivity index (χ1v) is 9.66. The van der Waals surface area contributed by atoms with Gasteiger partial charge in [0.25, 0.3) is 5.91 Å². The molecule has 0 atom stereocenters. The first kappa shape index (κ1) is 19.9. The quantitative estimate of drug-likeness (QED) is 0.488. The van der Waals surface area contributed by atoms with Crippen molar-refractivity contribution >= 4 is 11.6 Å². The minimum atomic E-state index is -0.883. The number of halogens is 2. The van der Waals surface area contributed by atoms with Gasteiger partial charge >= 0.3 is 0 Å². The highest BCUT2D eigenvalue weighted by molar-refractivity contribution is 6.03. The van der Waals surface area contributed by atoms with Gasteiger partial charge in [0.15, 0.2) is 23.1 Å². The van der Waals surface area contributed by atoms with Crippen LogP contribution in [0.15, 0.2) is 59.5 Å². The molecule has 1 saturated heterocycles.